The van der Waals surface area contributed by atoms with Gasteiger partial charge in [0.1, 0.15) is 0 Å². The lowest BCUT2D eigenvalue weighted by Gasteiger charge is -2.24. The molecule has 9 heteroatoms. The number of imidazole rings is 1. The summed E-state index contributed by atoms with van der Waals surface area (Å²) in [5.74, 6) is 1.61. The minimum atomic E-state index is -3.68. The SMILES string of the molecule is CC(C)Cn1c(CN(CC2CC2)C(=O)c2ccc3c(c2)OCO3)cnc1S(=O)(=O)Cc1ccccc1. The molecule has 0 spiro atoms. The van der Waals surface area contributed by atoms with Crippen LogP contribution in [-0.2, 0) is 28.7 Å². The van der Waals surface area contributed by atoms with Gasteiger partial charge in [0.25, 0.3) is 5.91 Å². The zero-order chi connectivity index (χ0) is 25.3. The molecule has 36 heavy (non-hydrogen) atoms. The monoisotopic (exact) mass is 509 g/mol. The van der Waals surface area contributed by atoms with Gasteiger partial charge in [-0.15, -0.1) is 0 Å². The first-order chi connectivity index (χ1) is 17.3. The van der Waals surface area contributed by atoms with Crippen LogP contribution in [0.5, 0.6) is 11.5 Å². The Balaban J connectivity index is 1.44. The summed E-state index contributed by atoms with van der Waals surface area (Å²) in [4.78, 5) is 19.7. The normalized spacial score (nSPS) is 14.9. The molecule has 2 heterocycles. The van der Waals surface area contributed by atoms with E-state index in [-0.39, 0.29) is 36.1 Å². The van der Waals surface area contributed by atoms with Gasteiger partial charge in [-0.1, -0.05) is 44.2 Å². The smallest absolute Gasteiger partial charge is 0.254 e. The summed E-state index contributed by atoms with van der Waals surface area (Å²) in [6, 6.07) is 14.3. The average molecular weight is 510 g/mol. The summed E-state index contributed by atoms with van der Waals surface area (Å²) in [6.07, 6.45) is 3.78. The van der Waals surface area contributed by atoms with Gasteiger partial charge < -0.3 is 18.9 Å². The zero-order valence-corrected chi connectivity index (χ0v) is 21.4. The second kappa shape index (κ2) is 9.97. The van der Waals surface area contributed by atoms with Crippen molar-refractivity contribution >= 4 is 15.7 Å². The van der Waals surface area contributed by atoms with Gasteiger partial charge in [-0.3, -0.25) is 4.79 Å². The summed E-state index contributed by atoms with van der Waals surface area (Å²) in [6.45, 7) is 5.62. The molecular formula is C27H31N3O5S. The van der Waals surface area contributed by atoms with Crippen LogP contribution in [0.2, 0.25) is 0 Å². The molecule has 0 unspecified atom stereocenters. The molecule has 8 nitrogen and oxygen atoms in total. The van der Waals surface area contributed by atoms with E-state index in [9.17, 15) is 13.2 Å². The number of rotatable bonds is 10. The summed E-state index contributed by atoms with van der Waals surface area (Å²) >= 11 is 0. The lowest BCUT2D eigenvalue weighted by molar-refractivity contribution is 0.0730. The largest absolute Gasteiger partial charge is 0.454 e. The fraction of sp³-hybridized carbons (Fsp3) is 0.407. The van der Waals surface area contributed by atoms with E-state index in [1.54, 1.807) is 46.0 Å². The van der Waals surface area contributed by atoms with E-state index in [2.05, 4.69) is 4.98 Å². The fourth-order valence-corrected chi connectivity index (χ4v) is 5.93. The Kier molecular flexibility index (Phi) is 6.75. The maximum atomic E-state index is 13.6. The topological polar surface area (TPSA) is 90.7 Å². The summed E-state index contributed by atoms with van der Waals surface area (Å²) < 4.78 is 39.3. The summed E-state index contributed by atoms with van der Waals surface area (Å²) in [7, 11) is -3.68. The molecule has 2 aliphatic rings. The number of nitrogens with zero attached hydrogens (tertiary/aromatic N) is 3. The standard InChI is InChI=1S/C27H31N3O5S/c1-19(2)14-30-23(13-28-27(30)36(32,33)17-21-6-4-3-5-7-21)16-29(15-20-8-9-20)26(31)22-10-11-24-25(12-22)35-18-34-24/h3-7,10-13,19-20H,8-9,14-18H2,1-2H3. The quantitative estimate of drug-likeness (QED) is 0.405. The highest BCUT2D eigenvalue weighted by atomic mass is 32.2. The van der Waals surface area contributed by atoms with E-state index >= 15 is 0 Å². The Morgan fingerprint density at radius 3 is 2.58 bits per heavy atom. The second-order valence-electron chi connectivity index (χ2n) is 9.98. The molecule has 1 aliphatic heterocycles. The van der Waals surface area contributed by atoms with Crippen LogP contribution in [0.1, 0.15) is 48.3 Å². The van der Waals surface area contributed by atoms with Crippen LogP contribution in [0.25, 0.3) is 0 Å². The molecule has 0 saturated heterocycles. The van der Waals surface area contributed by atoms with Crippen LogP contribution in [0.4, 0.5) is 0 Å². The van der Waals surface area contributed by atoms with Crippen LogP contribution in [0.15, 0.2) is 59.9 Å². The van der Waals surface area contributed by atoms with E-state index < -0.39 is 9.84 Å². The molecule has 1 saturated carbocycles. The molecule has 5 rings (SSSR count). The maximum Gasteiger partial charge on any atom is 0.254 e. The van der Waals surface area contributed by atoms with Gasteiger partial charge in [-0.25, -0.2) is 13.4 Å². The number of ether oxygens (including phenoxy) is 2. The van der Waals surface area contributed by atoms with Gasteiger partial charge in [-0.2, -0.15) is 0 Å². The van der Waals surface area contributed by atoms with E-state index in [1.807, 2.05) is 32.0 Å². The Bertz CT molecular complexity index is 1350. The predicted molar refractivity (Wildman–Crippen MR) is 134 cm³/mol. The van der Waals surface area contributed by atoms with Crippen molar-refractivity contribution < 1.29 is 22.7 Å². The van der Waals surface area contributed by atoms with E-state index in [0.29, 0.717) is 47.3 Å². The van der Waals surface area contributed by atoms with Crippen molar-refractivity contribution in [2.75, 3.05) is 13.3 Å². The molecule has 2 aromatic carbocycles. The lowest BCUT2D eigenvalue weighted by Crippen LogP contribution is -2.33. The number of benzene rings is 2. The third-order valence-electron chi connectivity index (χ3n) is 6.36. The number of sulfone groups is 1. The van der Waals surface area contributed by atoms with Gasteiger partial charge in [0.15, 0.2) is 11.5 Å². The van der Waals surface area contributed by atoms with E-state index in [4.69, 9.17) is 9.47 Å². The van der Waals surface area contributed by atoms with Gasteiger partial charge in [0.2, 0.25) is 21.8 Å². The molecule has 0 atom stereocenters. The number of hydrogen-bond donors (Lipinski definition) is 0. The first kappa shape index (κ1) is 24.4. The van der Waals surface area contributed by atoms with Crippen LogP contribution < -0.4 is 9.47 Å². The predicted octanol–water partition coefficient (Wildman–Crippen LogP) is 4.29. The number of hydrogen-bond acceptors (Lipinski definition) is 6. The Labute approximate surface area is 211 Å². The van der Waals surface area contributed by atoms with Crippen LogP contribution in [-0.4, -0.2) is 42.1 Å². The maximum absolute atomic E-state index is 13.6. The molecular weight excluding hydrogens is 478 g/mol. The molecule has 0 radical (unpaired) electrons. The molecule has 1 aliphatic carbocycles. The molecule has 3 aromatic rings. The van der Waals surface area contributed by atoms with Gasteiger partial charge in [-0.05, 0) is 48.4 Å². The van der Waals surface area contributed by atoms with Crippen molar-refractivity contribution in [1.82, 2.24) is 14.5 Å². The molecule has 190 valence electrons. The number of carbonyl (C=O) groups excluding carboxylic acids is 1. The Morgan fingerprint density at radius 1 is 1.11 bits per heavy atom. The summed E-state index contributed by atoms with van der Waals surface area (Å²) in [5, 5.41) is 0.0527. The zero-order valence-electron chi connectivity index (χ0n) is 20.6. The van der Waals surface area contributed by atoms with Crippen molar-refractivity contribution in [3.8, 4) is 11.5 Å². The third kappa shape index (κ3) is 5.41. The fourth-order valence-electron chi connectivity index (χ4n) is 4.42. The Morgan fingerprint density at radius 2 is 1.86 bits per heavy atom. The second-order valence-corrected chi connectivity index (χ2v) is 11.9. The molecule has 0 N–H and O–H groups in total. The average Bonchev–Trinajstić information content (AvgIpc) is 3.38. The molecule has 1 aromatic heterocycles. The minimum Gasteiger partial charge on any atom is -0.454 e. The van der Waals surface area contributed by atoms with Crippen molar-refractivity contribution in [3.05, 3.63) is 71.5 Å². The van der Waals surface area contributed by atoms with Crippen LogP contribution >= 0.6 is 0 Å². The van der Waals surface area contributed by atoms with Crippen molar-refractivity contribution in [2.24, 2.45) is 11.8 Å². The number of fused-ring (bicyclic) bond motifs is 1. The first-order valence-electron chi connectivity index (χ1n) is 12.3. The number of aromatic nitrogens is 2. The summed E-state index contributed by atoms with van der Waals surface area (Å²) in [5.41, 5.74) is 1.95. The first-order valence-corrected chi connectivity index (χ1v) is 14.0. The highest BCUT2D eigenvalue weighted by Crippen LogP contribution is 2.34. The van der Waals surface area contributed by atoms with E-state index in [0.717, 1.165) is 12.8 Å². The van der Waals surface area contributed by atoms with Crippen molar-refractivity contribution in [2.45, 2.75) is 50.7 Å². The molecule has 1 amide bonds. The minimum absolute atomic E-state index is 0.0527. The molecule has 0 bridgehead atoms. The van der Waals surface area contributed by atoms with Crippen LogP contribution in [0, 0.1) is 11.8 Å². The number of carbonyl (C=O) groups is 1. The van der Waals surface area contributed by atoms with Crippen molar-refractivity contribution in [3.63, 3.8) is 0 Å². The van der Waals surface area contributed by atoms with Gasteiger partial charge >= 0.3 is 0 Å². The molecule has 1 fully saturated rings. The highest BCUT2D eigenvalue weighted by Gasteiger charge is 2.31. The van der Waals surface area contributed by atoms with Crippen LogP contribution in [0.3, 0.4) is 0 Å². The Hall–Kier alpha value is -3.33. The highest BCUT2D eigenvalue weighted by molar-refractivity contribution is 7.90. The van der Waals surface area contributed by atoms with Gasteiger partial charge in [0.05, 0.1) is 24.2 Å². The van der Waals surface area contributed by atoms with Gasteiger partial charge in [0, 0.05) is 18.7 Å². The van der Waals surface area contributed by atoms with Crippen molar-refractivity contribution in [1.29, 1.82) is 0 Å². The van der Waals surface area contributed by atoms with E-state index in [1.165, 1.54) is 0 Å². The lowest BCUT2D eigenvalue weighted by atomic mass is 10.1. The number of amides is 1. The third-order valence-corrected chi connectivity index (χ3v) is 7.96.